The number of likely N-dealkylation sites (tertiary alicyclic amines) is 1. The number of piperidine rings is 1. The van der Waals surface area contributed by atoms with Crippen molar-refractivity contribution < 1.29 is 4.79 Å². The molecule has 2 aliphatic rings. The third-order valence-electron chi connectivity index (χ3n) is 5.62. The smallest absolute Gasteiger partial charge is 0.275 e. The van der Waals surface area contributed by atoms with E-state index in [4.69, 9.17) is 11.6 Å². The number of amides is 1. The van der Waals surface area contributed by atoms with Crippen LogP contribution < -0.4 is 5.32 Å². The summed E-state index contributed by atoms with van der Waals surface area (Å²) in [4.78, 5) is 14.6. The monoisotopic (exact) mass is 391 g/mol. The maximum absolute atomic E-state index is 12.8. The van der Waals surface area contributed by atoms with Crippen LogP contribution in [0.1, 0.15) is 66.4 Å². The van der Waals surface area contributed by atoms with Gasteiger partial charge in [0.15, 0.2) is 5.69 Å². The Balaban J connectivity index is 1.38. The van der Waals surface area contributed by atoms with Gasteiger partial charge >= 0.3 is 0 Å². The largest absolute Gasteiger partial charge is 0.335 e. The Labute approximate surface area is 163 Å². The van der Waals surface area contributed by atoms with Crippen LogP contribution in [0.3, 0.4) is 0 Å². The molecule has 9 heteroatoms. The van der Waals surface area contributed by atoms with Gasteiger partial charge in [0, 0.05) is 25.7 Å². The number of carbonyl (C=O) groups excluding carboxylic acids is 1. The minimum atomic E-state index is -0.128. The summed E-state index contributed by atoms with van der Waals surface area (Å²) in [5, 5.41) is 19.4. The van der Waals surface area contributed by atoms with E-state index in [1.807, 2.05) is 22.7 Å². The summed E-state index contributed by atoms with van der Waals surface area (Å²) < 4.78 is 1.91. The lowest BCUT2D eigenvalue weighted by Gasteiger charge is -2.32. The van der Waals surface area contributed by atoms with Gasteiger partial charge in [0.25, 0.3) is 5.91 Å². The van der Waals surface area contributed by atoms with E-state index in [2.05, 4.69) is 25.8 Å². The number of nitrogens with one attached hydrogen (secondary N) is 2. The normalized spacial score (nSPS) is 21.1. The maximum atomic E-state index is 12.8. The summed E-state index contributed by atoms with van der Waals surface area (Å²) in [6.45, 7) is 3.87. The topological polar surface area (TPSA) is 91.7 Å². The summed E-state index contributed by atoms with van der Waals surface area (Å²) in [5.74, 6) is -0.128. The van der Waals surface area contributed by atoms with Crippen LogP contribution in [0.4, 0.5) is 0 Å². The highest BCUT2D eigenvalue weighted by Gasteiger charge is 2.29. The van der Waals surface area contributed by atoms with Crippen molar-refractivity contribution in [1.82, 2.24) is 35.4 Å². The van der Waals surface area contributed by atoms with Crippen LogP contribution in [0.5, 0.6) is 0 Å². The van der Waals surface area contributed by atoms with Crippen molar-refractivity contribution in [2.75, 3.05) is 13.1 Å². The minimum absolute atomic E-state index is 0.128. The number of nitrogens with zero attached hydrogens (tertiary/aromatic N) is 5. The van der Waals surface area contributed by atoms with Gasteiger partial charge in [-0.15, -0.1) is 5.10 Å². The summed E-state index contributed by atoms with van der Waals surface area (Å²) >= 11 is 6.19. The molecule has 3 heterocycles. The molecule has 2 aromatic rings. The molecule has 2 aromatic heterocycles. The number of aromatic amines is 1. The Bertz CT molecular complexity index is 795. The fraction of sp³-hybridized carbons (Fsp3) is 0.667. The molecule has 1 saturated heterocycles. The number of aryl methyl sites for hydroxylation is 1. The zero-order valence-electron chi connectivity index (χ0n) is 15.6. The average molecular weight is 392 g/mol. The van der Waals surface area contributed by atoms with Gasteiger partial charge in [-0.2, -0.15) is 5.10 Å². The van der Waals surface area contributed by atoms with Gasteiger partial charge in [-0.3, -0.25) is 9.89 Å². The third kappa shape index (κ3) is 4.01. The van der Waals surface area contributed by atoms with E-state index in [1.165, 1.54) is 25.7 Å². The van der Waals surface area contributed by atoms with Gasteiger partial charge in [-0.05, 0) is 32.6 Å². The van der Waals surface area contributed by atoms with E-state index < -0.39 is 0 Å². The number of hydrogen-bond acceptors (Lipinski definition) is 5. The maximum Gasteiger partial charge on any atom is 0.275 e. The lowest BCUT2D eigenvalue weighted by Crippen LogP contribution is -2.41. The van der Waals surface area contributed by atoms with Crippen LogP contribution in [-0.2, 0) is 6.54 Å². The molecule has 8 nitrogen and oxygen atoms in total. The molecule has 1 aliphatic heterocycles. The van der Waals surface area contributed by atoms with Crippen molar-refractivity contribution in [2.24, 2.45) is 0 Å². The van der Waals surface area contributed by atoms with Crippen LogP contribution in [0.2, 0.25) is 5.02 Å². The van der Waals surface area contributed by atoms with Crippen LogP contribution in [-0.4, -0.2) is 55.1 Å². The zero-order valence-corrected chi connectivity index (χ0v) is 16.4. The Morgan fingerprint density at radius 3 is 2.89 bits per heavy atom. The highest BCUT2D eigenvalue weighted by atomic mass is 35.5. The van der Waals surface area contributed by atoms with Crippen molar-refractivity contribution in [3.63, 3.8) is 0 Å². The molecule has 0 aromatic carbocycles. The number of rotatable bonds is 5. The molecule has 1 amide bonds. The SMILES string of the molecule is Cc1[nH]nc(C(=O)N2CCCC(n3cc(CNC4CCCC4)nn3)C2)c1Cl. The summed E-state index contributed by atoms with van der Waals surface area (Å²) in [6.07, 6.45) is 9.05. The molecule has 1 unspecified atom stereocenters. The Kier molecular flexibility index (Phi) is 5.45. The number of aromatic nitrogens is 5. The van der Waals surface area contributed by atoms with Crippen LogP contribution in [0, 0.1) is 6.92 Å². The fourth-order valence-corrected chi connectivity index (χ4v) is 4.18. The fourth-order valence-electron chi connectivity index (χ4n) is 4.01. The first-order valence-corrected chi connectivity index (χ1v) is 10.1. The molecule has 0 radical (unpaired) electrons. The number of hydrogen-bond donors (Lipinski definition) is 2. The van der Waals surface area contributed by atoms with Gasteiger partial charge in [-0.1, -0.05) is 29.7 Å². The van der Waals surface area contributed by atoms with Crippen LogP contribution in [0.15, 0.2) is 6.20 Å². The molecule has 0 bridgehead atoms. The van der Waals surface area contributed by atoms with Crippen molar-refractivity contribution in [2.45, 2.75) is 64.1 Å². The summed E-state index contributed by atoms with van der Waals surface area (Å²) in [5.41, 5.74) is 1.97. The Hall–Kier alpha value is -1.93. The highest BCUT2D eigenvalue weighted by molar-refractivity contribution is 6.34. The zero-order chi connectivity index (χ0) is 18.8. The molecule has 1 saturated carbocycles. The predicted molar refractivity (Wildman–Crippen MR) is 102 cm³/mol. The van der Waals surface area contributed by atoms with Crippen molar-refractivity contribution in [1.29, 1.82) is 0 Å². The second kappa shape index (κ2) is 7.98. The number of carbonyl (C=O) groups is 1. The first-order chi connectivity index (χ1) is 13.1. The van der Waals surface area contributed by atoms with Crippen LogP contribution >= 0.6 is 11.6 Å². The molecule has 146 valence electrons. The molecule has 27 heavy (non-hydrogen) atoms. The number of halogens is 1. The third-order valence-corrected chi connectivity index (χ3v) is 6.08. The molecule has 2 fully saturated rings. The van der Waals surface area contributed by atoms with E-state index in [-0.39, 0.29) is 11.9 Å². The summed E-state index contributed by atoms with van der Waals surface area (Å²) in [7, 11) is 0. The standard InChI is InChI=1S/C18H26ClN7O/c1-12-16(19)17(23-21-12)18(27)25-8-4-7-15(11-25)26-10-14(22-24-26)9-20-13-5-2-3-6-13/h10,13,15,20H,2-9,11H2,1H3,(H,21,23). The van der Waals surface area contributed by atoms with Crippen molar-refractivity contribution >= 4 is 17.5 Å². The van der Waals surface area contributed by atoms with Gasteiger partial charge in [0.1, 0.15) is 0 Å². The molecule has 4 rings (SSSR count). The molecular formula is C18H26ClN7O. The highest BCUT2D eigenvalue weighted by Crippen LogP contribution is 2.25. The molecule has 2 N–H and O–H groups in total. The van der Waals surface area contributed by atoms with Crippen LogP contribution in [0.25, 0.3) is 0 Å². The van der Waals surface area contributed by atoms with E-state index >= 15 is 0 Å². The van der Waals surface area contributed by atoms with Gasteiger partial charge in [-0.25, -0.2) is 4.68 Å². The van der Waals surface area contributed by atoms with Gasteiger partial charge in [0.05, 0.1) is 28.6 Å². The van der Waals surface area contributed by atoms with Gasteiger partial charge < -0.3 is 10.2 Å². The molecule has 1 atom stereocenters. The Morgan fingerprint density at radius 2 is 2.15 bits per heavy atom. The first kappa shape index (κ1) is 18.4. The minimum Gasteiger partial charge on any atom is -0.335 e. The second-order valence-electron chi connectivity index (χ2n) is 7.61. The lowest BCUT2D eigenvalue weighted by molar-refractivity contribution is 0.0666. The Morgan fingerprint density at radius 1 is 1.33 bits per heavy atom. The molecule has 1 aliphatic carbocycles. The first-order valence-electron chi connectivity index (χ1n) is 9.75. The van der Waals surface area contributed by atoms with E-state index in [1.54, 1.807) is 0 Å². The quantitative estimate of drug-likeness (QED) is 0.816. The molecule has 0 spiro atoms. The molecular weight excluding hydrogens is 366 g/mol. The van der Waals surface area contributed by atoms with Crippen molar-refractivity contribution in [3.05, 3.63) is 28.3 Å². The van der Waals surface area contributed by atoms with Crippen molar-refractivity contribution in [3.8, 4) is 0 Å². The lowest BCUT2D eigenvalue weighted by atomic mass is 10.1. The van der Waals surface area contributed by atoms with E-state index in [0.717, 1.165) is 25.1 Å². The summed E-state index contributed by atoms with van der Waals surface area (Å²) in [6, 6.07) is 0.745. The average Bonchev–Trinajstić information content (AvgIpc) is 3.43. The number of H-pyrrole nitrogens is 1. The van der Waals surface area contributed by atoms with Gasteiger partial charge in [0.2, 0.25) is 0 Å². The van der Waals surface area contributed by atoms with E-state index in [0.29, 0.717) is 35.5 Å². The predicted octanol–water partition coefficient (Wildman–Crippen LogP) is 2.47. The second-order valence-corrected chi connectivity index (χ2v) is 7.99. The van der Waals surface area contributed by atoms with E-state index in [9.17, 15) is 4.79 Å².